The van der Waals surface area contributed by atoms with Gasteiger partial charge in [-0.25, -0.2) is 0 Å². The second-order valence-electron chi connectivity index (χ2n) is 5.73. The summed E-state index contributed by atoms with van der Waals surface area (Å²) in [5.74, 6) is 2.21. The number of tetrazole rings is 1. The van der Waals surface area contributed by atoms with Crippen LogP contribution in [0.25, 0.3) is 0 Å². The molecule has 22 heavy (non-hydrogen) atoms. The van der Waals surface area contributed by atoms with Gasteiger partial charge in [-0.1, -0.05) is 12.1 Å². The van der Waals surface area contributed by atoms with Gasteiger partial charge in [-0.15, -0.1) is 10.2 Å². The van der Waals surface area contributed by atoms with E-state index in [1.54, 1.807) is 4.80 Å². The lowest BCUT2D eigenvalue weighted by Crippen LogP contribution is -2.39. The number of aromatic nitrogens is 4. The standard InChI is InChI=1S/C15H21N5O2/c1-11-16-18-20(17-11)12(8-9-19(2)3)15-10-21-13-6-4-5-7-14(13)22-15/h4-7,12,15H,8-10H2,1-3H3. The molecule has 1 aliphatic rings. The van der Waals surface area contributed by atoms with Crippen molar-refractivity contribution in [1.29, 1.82) is 0 Å². The smallest absolute Gasteiger partial charge is 0.171 e. The van der Waals surface area contributed by atoms with E-state index in [1.807, 2.05) is 45.3 Å². The third kappa shape index (κ3) is 3.19. The van der Waals surface area contributed by atoms with Crippen molar-refractivity contribution in [3.8, 4) is 11.5 Å². The van der Waals surface area contributed by atoms with E-state index < -0.39 is 0 Å². The van der Waals surface area contributed by atoms with Gasteiger partial charge >= 0.3 is 0 Å². The molecular weight excluding hydrogens is 282 g/mol. The highest BCUT2D eigenvalue weighted by Gasteiger charge is 2.31. The van der Waals surface area contributed by atoms with Gasteiger partial charge in [0.2, 0.25) is 0 Å². The summed E-state index contributed by atoms with van der Waals surface area (Å²) in [5.41, 5.74) is 0. The Morgan fingerprint density at radius 3 is 2.77 bits per heavy atom. The van der Waals surface area contributed by atoms with E-state index in [0.717, 1.165) is 24.5 Å². The Labute approximate surface area is 129 Å². The summed E-state index contributed by atoms with van der Waals surface area (Å²) in [6, 6.07) is 7.70. The Hall–Kier alpha value is -2.15. The number of fused-ring (bicyclic) bond motifs is 1. The maximum absolute atomic E-state index is 6.12. The molecule has 2 unspecified atom stereocenters. The molecule has 2 heterocycles. The predicted octanol–water partition coefficient (Wildman–Crippen LogP) is 1.31. The molecule has 7 nitrogen and oxygen atoms in total. The molecule has 0 fully saturated rings. The van der Waals surface area contributed by atoms with Gasteiger partial charge in [0.15, 0.2) is 23.4 Å². The van der Waals surface area contributed by atoms with Crippen LogP contribution in [0.3, 0.4) is 0 Å². The van der Waals surface area contributed by atoms with Crippen molar-refractivity contribution in [2.24, 2.45) is 0 Å². The Kier molecular flexibility index (Phi) is 4.24. The van der Waals surface area contributed by atoms with Crippen molar-refractivity contribution in [3.63, 3.8) is 0 Å². The largest absolute Gasteiger partial charge is 0.486 e. The van der Waals surface area contributed by atoms with Gasteiger partial charge in [-0.2, -0.15) is 4.80 Å². The number of nitrogens with zero attached hydrogens (tertiary/aromatic N) is 5. The van der Waals surface area contributed by atoms with Crippen LogP contribution in [0.2, 0.25) is 0 Å². The molecule has 0 bridgehead atoms. The van der Waals surface area contributed by atoms with E-state index in [-0.39, 0.29) is 12.1 Å². The molecule has 2 atom stereocenters. The van der Waals surface area contributed by atoms with Crippen molar-refractivity contribution < 1.29 is 9.47 Å². The average molecular weight is 303 g/mol. The third-order valence-corrected chi connectivity index (χ3v) is 3.66. The number of hydrogen-bond acceptors (Lipinski definition) is 6. The highest BCUT2D eigenvalue weighted by molar-refractivity contribution is 5.40. The van der Waals surface area contributed by atoms with Crippen LogP contribution in [0, 0.1) is 6.92 Å². The number of benzene rings is 1. The van der Waals surface area contributed by atoms with E-state index >= 15 is 0 Å². The van der Waals surface area contributed by atoms with E-state index in [9.17, 15) is 0 Å². The van der Waals surface area contributed by atoms with Crippen molar-refractivity contribution >= 4 is 0 Å². The van der Waals surface area contributed by atoms with Gasteiger partial charge < -0.3 is 14.4 Å². The van der Waals surface area contributed by atoms with E-state index in [4.69, 9.17) is 9.47 Å². The lowest BCUT2D eigenvalue weighted by Gasteiger charge is -2.31. The normalized spacial score (nSPS) is 18.5. The Balaban J connectivity index is 1.80. The first-order valence-corrected chi connectivity index (χ1v) is 7.43. The van der Waals surface area contributed by atoms with Crippen LogP contribution in [-0.2, 0) is 0 Å². The van der Waals surface area contributed by atoms with Crippen molar-refractivity contribution in [2.45, 2.75) is 25.5 Å². The molecule has 0 N–H and O–H groups in total. The van der Waals surface area contributed by atoms with Gasteiger partial charge in [0.05, 0.1) is 0 Å². The minimum absolute atomic E-state index is 0.0167. The zero-order chi connectivity index (χ0) is 15.5. The van der Waals surface area contributed by atoms with Crippen LogP contribution in [0.4, 0.5) is 0 Å². The second-order valence-corrected chi connectivity index (χ2v) is 5.73. The molecule has 0 aliphatic carbocycles. The SMILES string of the molecule is Cc1nnn(C(CCN(C)C)C2COc3ccccc3O2)n1. The fraction of sp³-hybridized carbons (Fsp3) is 0.533. The van der Waals surface area contributed by atoms with Gasteiger partial charge in [0.1, 0.15) is 12.6 Å². The molecule has 118 valence electrons. The first kappa shape index (κ1) is 14.8. The molecule has 0 saturated carbocycles. The summed E-state index contributed by atoms with van der Waals surface area (Å²) in [5, 5.41) is 12.5. The highest BCUT2D eigenvalue weighted by atomic mass is 16.6. The summed E-state index contributed by atoms with van der Waals surface area (Å²) < 4.78 is 11.9. The zero-order valence-electron chi connectivity index (χ0n) is 13.1. The Morgan fingerprint density at radius 1 is 1.32 bits per heavy atom. The summed E-state index contributed by atoms with van der Waals surface area (Å²) >= 11 is 0. The van der Waals surface area contributed by atoms with Crippen LogP contribution in [-0.4, -0.2) is 58.5 Å². The molecule has 2 aromatic rings. The monoisotopic (exact) mass is 303 g/mol. The number of hydrogen-bond donors (Lipinski definition) is 0. The predicted molar refractivity (Wildman–Crippen MR) is 81.1 cm³/mol. The summed E-state index contributed by atoms with van der Waals surface area (Å²) in [6.07, 6.45) is 0.724. The first-order chi connectivity index (χ1) is 10.6. The topological polar surface area (TPSA) is 65.3 Å². The van der Waals surface area contributed by atoms with Crippen molar-refractivity contribution in [1.82, 2.24) is 25.1 Å². The lowest BCUT2D eigenvalue weighted by atomic mass is 10.1. The summed E-state index contributed by atoms with van der Waals surface area (Å²) in [7, 11) is 4.09. The van der Waals surface area contributed by atoms with Gasteiger partial charge in [-0.05, 0) is 51.3 Å². The van der Waals surface area contributed by atoms with Crippen LogP contribution >= 0.6 is 0 Å². The fourth-order valence-corrected chi connectivity index (χ4v) is 2.51. The molecule has 3 rings (SSSR count). The summed E-state index contributed by atoms with van der Waals surface area (Å²) in [6.45, 7) is 3.22. The van der Waals surface area contributed by atoms with Crippen LogP contribution in [0.5, 0.6) is 11.5 Å². The third-order valence-electron chi connectivity index (χ3n) is 3.66. The first-order valence-electron chi connectivity index (χ1n) is 7.43. The van der Waals surface area contributed by atoms with Gasteiger partial charge in [0, 0.05) is 0 Å². The number of para-hydroxylation sites is 2. The molecule has 1 aromatic heterocycles. The summed E-state index contributed by atoms with van der Waals surface area (Å²) in [4.78, 5) is 3.79. The minimum atomic E-state index is -0.136. The molecule has 1 aromatic carbocycles. The minimum Gasteiger partial charge on any atom is -0.486 e. The van der Waals surface area contributed by atoms with Crippen molar-refractivity contribution in [3.05, 3.63) is 30.1 Å². The molecule has 7 heteroatoms. The molecule has 0 amide bonds. The number of ether oxygens (including phenoxy) is 2. The van der Waals surface area contributed by atoms with Crippen LogP contribution in [0.1, 0.15) is 18.3 Å². The molecule has 0 radical (unpaired) electrons. The highest BCUT2D eigenvalue weighted by Crippen LogP contribution is 2.34. The van der Waals surface area contributed by atoms with E-state index in [1.165, 1.54) is 0 Å². The van der Waals surface area contributed by atoms with Crippen molar-refractivity contribution in [2.75, 3.05) is 27.2 Å². The Morgan fingerprint density at radius 2 is 2.09 bits per heavy atom. The van der Waals surface area contributed by atoms with Gasteiger partial charge in [0.25, 0.3) is 0 Å². The maximum Gasteiger partial charge on any atom is 0.171 e. The molecule has 0 saturated heterocycles. The van der Waals surface area contributed by atoms with Crippen LogP contribution in [0.15, 0.2) is 24.3 Å². The second kappa shape index (κ2) is 6.31. The quantitative estimate of drug-likeness (QED) is 0.830. The number of aryl methyl sites for hydroxylation is 1. The molecular formula is C15H21N5O2. The average Bonchev–Trinajstić information content (AvgIpc) is 2.93. The van der Waals surface area contributed by atoms with Crippen LogP contribution < -0.4 is 9.47 Å². The maximum atomic E-state index is 6.12. The lowest BCUT2D eigenvalue weighted by molar-refractivity contribution is 0.0368. The molecule has 1 aliphatic heterocycles. The number of rotatable bonds is 5. The Bertz CT molecular complexity index is 628. The zero-order valence-corrected chi connectivity index (χ0v) is 13.1. The molecule has 0 spiro atoms. The fourth-order valence-electron chi connectivity index (χ4n) is 2.51. The van der Waals surface area contributed by atoms with Gasteiger partial charge in [-0.3, -0.25) is 0 Å². The van der Waals surface area contributed by atoms with E-state index in [0.29, 0.717) is 12.4 Å². The van der Waals surface area contributed by atoms with E-state index in [2.05, 4.69) is 20.3 Å².